The van der Waals surface area contributed by atoms with Gasteiger partial charge < -0.3 is 20.4 Å². The average Bonchev–Trinajstić information content (AvgIpc) is 3.49. The lowest BCUT2D eigenvalue weighted by molar-refractivity contribution is -0.156. The van der Waals surface area contributed by atoms with Crippen molar-refractivity contribution in [3.63, 3.8) is 0 Å². The number of halogens is 1. The Hall–Kier alpha value is -3.20. The van der Waals surface area contributed by atoms with Crippen LogP contribution in [0.3, 0.4) is 0 Å². The van der Waals surface area contributed by atoms with Gasteiger partial charge >= 0.3 is 0 Å². The van der Waals surface area contributed by atoms with Gasteiger partial charge in [0.05, 0.1) is 17.3 Å². The Morgan fingerprint density at radius 1 is 1.05 bits per heavy atom. The van der Waals surface area contributed by atoms with Crippen LogP contribution >= 0.6 is 11.6 Å². The zero-order chi connectivity index (χ0) is 27.0. The first-order valence-electron chi connectivity index (χ1n) is 12.3. The molecule has 37 heavy (non-hydrogen) atoms. The Kier molecular flexibility index (Phi) is 7.46. The van der Waals surface area contributed by atoms with E-state index in [4.69, 9.17) is 11.6 Å². The molecule has 1 aliphatic rings. The summed E-state index contributed by atoms with van der Waals surface area (Å²) in [6.07, 6.45) is 0.304. The molecule has 0 bridgehead atoms. The quantitative estimate of drug-likeness (QED) is 0.438. The van der Waals surface area contributed by atoms with Gasteiger partial charge in [0.15, 0.2) is 12.2 Å². The van der Waals surface area contributed by atoms with Gasteiger partial charge in [-0.25, -0.2) is 4.68 Å². The number of amides is 2. The second-order valence-electron chi connectivity index (χ2n) is 10.7. The van der Waals surface area contributed by atoms with E-state index in [1.54, 1.807) is 34.8 Å². The number of benzene rings is 2. The summed E-state index contributed by atoms with van der Waals surface area (Å²) in [4.78, 5) is 27.8. The van der Waals surface area contributed by atoms with Gasteiger partial charge in [-0.3, -0.25) is 9.59 Å². The lowest BCUT2D eigenvalue weighted by Crippen LogP contribution is -2.54. The number of aromatic nitrogens is 2. The lowest BCUT2D eigenvalue weighted by Gasteiger charge is -2.37. The molecule has 2 aromatic carbocycles. The molecule has 2 amide bonds. The molecule has 4 rings (SSSR count). The summed E-state index contributed by atoms with van der Waals surface area (Å²) in [5.74, 6) is -1.53. The van der Waals surface area contributed by atoms with Gasteiger partial charge in [-0.05, 0) is 67.1 Å². The van der Waals surface area contributed by atoms with Crippen molar-refractivity contribution >= 4 is 23.4 Å². The molecule has 9 heteroatoms. The van der Waals surface area contributed by atoms with Crippen molar-refractivity contribution in [3.05, 3.63) is 83.1 Å². The highest BCUT2D eigenvalue weighted by Gasteiger charge is 2.51. The molecule has 1 unspecified atom stereocenters. The number of carbonyl (C=O) groups is 2. The fourth-order valence-corrected chi connectivity index (χ4v) is 5.44. The zero-order valence-corrected chi connectivity index (χ0v) is 22.2. The Morgan fingerprint density at radius 3 is 2.38 bits per heavy atom. The maximum absolute atomic E-state index is 13.5. The number of aliphatic hydroxyl groups is 2. The second kappa shape index (κ2) is 10.3. The molecule has 3 aromatic rings. The minimum atomic E-state index is -1.93. The van der Waals surface area contributed by atoms with Crippen molar-refractivity contribution in [2.24, 2.45) is 5.41 Å². The summed E-state index contributed by atoms with van der Waals surface area (Å²) >= 11 is 6.22. The van der Waals surface area contributed by atoms with Gasteiger partial charge in [0.2, 0.25) is 0 Å². The minimum absolute atomic E-state index is 0.240. The molecule has 1 aromatic heterocycles. The number of hydrogen-bond donors (Lipinski definition) is 3. The molecule has 1 saturated heterocycles. The topological polar surface area (TPSA) is 108 Å². The van der Waals surface area contributed by atoms with Crippen molar-refractivity contribution < 1.29 is 19.8 Å². The average molecular weight is 525 g/mol. The summed E-state index contributed by atoms with van der Waals surface area (Å²) in [6.45, 7) is 8.12. The van der Waals surface area contributed by atoms with E-state index >= 15 is 0 Å². The van der Waals surface area contributed by atoms with E-state index in [1.807, 2.05) is 69.4 Å². The number of likely N-dealkylation sites (tertiary alicyclic amines) is 1. The van der Waals surface area contributed by atoms with Crippen LogP contribution in [-0.4, -0.2) is 55.5 Å². The highest BCUT2D eigenvalue weighted by atomic mass is 35.5. The number of aliphatic hydroxyl groups excluding tert-OH is 2. The number of nitrogens with zero attached hydrogens (tertiary/aromatic N) is 3. The number of carbonyl (C=O) groups excluding carboxylic acids is 2. The third-order valence-electron chi connectivity index (χ3n) is 7.06. The molecule has 0 radical (unpaired) electrons. The van der Waals surface area contributed by atoms with Crippen LogP contribution in [0, 0.1) is 5.41 Å². The maximum atomic E-state index is 13.5. The molecule has 0 spiro atoms. The van der Waals surface area contributed by atoms with E-state index in [0.29, 0.717) is 18.0 Å². The smallest absolute Gasteiger partial charge is 0.255 e. The first-order chi connectivity index (χ1) is 17.4. The predicted molar refractivity (Wildman–Crippen MR) is 141 cm³/mol. The van der Waals surface area contributed by atoms with E-state index in [1.165, 1.54) is 0 Å². The fraction of sp³-hybridized carbons (Fsp3) is 0.393. The van der Waals surface area contributed by atoms with E-state index < -0.39 is 35.6 Å². The first kappa shape index (κ1) is 26.9. The largest absolute Gasteiger partial charge is 0.380 e. The Labute approximate surface area is 221 Å². The van der Waals surface area contributed by atoms with Crippen LogP contribution < -0.4 is 5.32 Å². The number of rotatable bonds is 7. The molecule has 1 aliphatic heterocycles. The summed E-state index contributed by atoms with van der Waals surface area (Å²) in [5, 5.41) is 28.9. The van der Waals surface area contributed by atoms with Crippen molar-refractivity contribution in [3.8, 4) is 5.69 Å². The summed E-state index contributed by atoms with van der Waals surface area (Å²) in [7, 11) is 0. The van der Waals surface area contributed by atoms with E-state index in [0.717, 1.165) is 16.8 Å². The van der Waals surface area contributed by atoms with Crippen LogP contribution in [0.5, 0.6) is 0 Å². The van der Waals surface area contributed by atoms with Crippen molar-refractivity contribution in [1.82, 2.24) is 20.0 Å². The fourth-order valence-electron chi connectivity index (χ4n) is 5.25. The van der Waals surface area contributed by atoms with Gasteiger partial charge in [-0.15, -0.1) is 0 Å². The van der Waals surface area contributed by atoms with Gasteiger partial charge in [-0.1, -0.05) is 49.7 Å². The van der Waals surface area contributed by atoms with E-state index in [-0.39, 0.29) is 5.41 Å². The van der Waals surface area contributed by atoms with Gasteiger partial charge in [-0.2, -0.15) is 5.10 Å². The molecule has 196 valence electrons. The molecule has 1 fully saturated rings. The van der Waals surface area contributed by atoms with Crippen LogP contribution in [0.2, 0.25) is 5.02 Å². The van der Waals surface area contributed by atoms with Crippen LogP contribution in [0.25, 0.3) is 5.69 Å². The Balaban J connectivity index is 1.46. The van der Waals surface area contributed by atoms with Crippen molar-refractivity contribution in [2.75, 3.05) is 6.54 Å². The second-order valence-corrected chi connectivity index (χ2v) is 11.1. The van der Waals surface area contributed by atoms with E-state index in [9.17, 15) is 19.8 Å². The van der Waals surface area contributed by atoms with Gasteiger partial charge in [0.25, 0.3) is 11.8 Å². The maximum Gasteiger partial charge on any atom is 0.255 e. The highest BCUT2D eigenvalue weighted by molar-refractivity contribution is 6.30. The third kappa shape index (κ3) is 5.56. The molecular formula is C28H33ClN4O4. The summed E-state index contributed by atoms with van der Waals surface area (Å²) < 4.78 is 1.72. The minimum Gasteiger partial charge on any atom is -0.380 e. The highest BCUT2D eigenvalue weighted by Crippen LogP contribution is 2.48. The van der Waals surface area contributed by atoms with Crippen LogP contribution in [-0.2, 0) is 15.1 Å². The molecule has 0 saturated carbocycles. The van der Waals surface area contributed by atoms with Crippen molar-refractivity contribution in [1.29, 1.82) is 0 Å². The van der Waals surface area contributed by atoms with Crippen LogP contribution in [0.1, 0.15) is 51.3 Å². The third-order valence-corrected chi connectivity index (χ3v) is 7.29. The molecule has 8 nitrogen and oxygen atoms in total. The molecule has 4 atom stereocenters. The number of nitrogens with one attached hydrogen (secondary N) is 1. The normalized spacial score (nSPS) is 21.3. The SMILES string of the molecule is C[C@@H](NC(=O)[C@H](O)[C@@H](O)C(=O)N1CC(C)(C)CC1(C)c1cccc(Cl)c1)c1ccc(-n2cccn2)cc1. The zero-order valence-electron chi connectivity index (χ0n) is 21.4. The standard InChI is InChI=1S/C28H33ClN4O4/c1-18(19-9-11-22(12-10-19)33-14-6-13-30-33)31-25(36)23(34)24(35)26(37)32-17-27(2,3)16-28(32,4)20-7-5-8-21(29)15-20/h5-15,18,23-24,34-35H,16-17H2,1-4H3,(H,31,36)/t18-,23-,24-,28?/m1/s1. The molecular weight excluding hydrogens is 492 g/mol. The van der Waals surface area contributed by atoms with Crippen molar-refractivity contribution in [2.45, 2.75) is 57.9 Å². The Bertz CT molecular complexity index is 1260. The summed E-state index contributed by atoms with van der Waals surface area (Å²) in [5.41, 5.74) is 1.50. The molecule has 2 heterocycles. The van der Waals surface area contributed by atoms with Gasteiger partial charge in [0.1, 0.15) is 0 Å². The monoisotopic (exact) mass is 524 g/mol. The molecule has 3 N–H and O–H groups in total. The molecule has 0 aliphatic carbocycles. The van der Waals surface area contributed by atoms with Crippen LogP contribution in [0.15, 0.2) is 67.0 Å². The first-order valence-corrected chi connectivity index (χ1v) is 12.6. The predicted octanol–water partition coefficient (Wildman–Crippen LogP) is 3.60. The van der Waals surface area contributed by atoms with Gasteiger partial charge in [0, 0.05) is 24.0 Å². The Morgan fingerprint density at radius 2 is 1.76 bits per heavy atom. The van der Waals surface area contributed by atoms with E-state index in [2.05, 4.69) is 10.4 Å². The number of hydrogen-bond acceptors (Lipinski definition) is 5. The lowest BCUT2D eigenvalue weighted by atomic mass is 9.81. The van der Waals surface area contributed by atoms with Crippen LogP contribution in [0.4, 0.5) is 0 Å². The summed E-state index contributed by atoms with van der Waals surface area (Å²) in [6, 6.07) is 16.1.